The third-order valence-corrected chi connectivity index (χ3v) is 3.60. The number of esters is 1. The molecule has 2 heterocycles. The van der Waals surface area contributed by atoms with E-state index in [-0.39, 0.29) is 11.6 Å². The van der Waals surface area contributed by atoms with Gasteiger partial charge >= 0.3 is 5.97 Å². The zero-order chi connectivity index (χ0) is 13.2. The van der Waals surface area contributed by atoms with E-state index in [1.165, 1.54) is 11.5 Å². The van der Waals surface area contributed by atoms with Gasteiger partial charge in [0.2, 0.25) is 5.90 Å². The molecule has 0 radical (unpaired) electrons. The van der Waals surface area contributed by atoms with E-state index in [9.17, 15) is 4.79 Å². The van der Waals surface area contributed by atoms with E-state index < -0.39 is 5.97 Å². The lowest BCUT2D eigenvalue weighted by Gasteiger charge is -2.01. The van der Waals surface area contributed by atoms with Crippen LogP contribution in [0.4, 0.5) is 0 Å². The number of carbonyl (C=O) groups excluding carboxylic acids is 1. The van der Waals surface area contributed by atoms with Crippen molar-refractivity contribution < 1.29 is 9.53 Å². The van der Waals surface area contributed by atoms with Crippen LogP contribution >= 0.6 is 27.5 Å². The third kappa shape index (κ3) is 2.47. The van der Waals surface area contributed by atoms with E-state index in [4.69, 9.17) is 4.74 Å². The van der Waals surface area contributed by atoms with Crippen molar-refractivity contribution >= 4 is 45.4 Å². The van der Waals surface area contributed by atoms with E-state index in [0.717, 1.165) is 10.0 Å². The maximum absolute atomic E-state index is 11.7. The fourth-order valence-corrected chi connectivity index (χ4v) is 2.40. The number of halogens is 1. The Balaban J connectivity index is 1.98. The average Bonchev–Trinajstić information content (AvgIpc) is 3.02. The van der Waals surface area contributed by atoms with Crippen molar-refractivity contribution in [1.82, 2.24) is 9.59 Å². The highest BCUT2D eigenvalue weighted by atomic mass is 79.9. The molecule has 0 saturated carbocycles. The second-order valence-corrected chi connectivity index (χ2v) is 5.11. The van der Waals surface area contributed by atoms with Gasteiger partial charge in [-0.05, 0) is 45.7 Å². The fraction of sp³-hybridized carbons (Fsp3) is 0. The third-order valence-electron chi connectivity index (χ3n) is 2.39. The van der Waals surface area contributed by atoms with Gasteiger partial charge in [0.15, 0.2) is 5.70 Å². The lowest BCUT2D eigenvalue weighted by Crippen LogP contribution is -2.05. The molecule has 5 nitrogen and oxygen atoms in total. The second kappa shape index (κ2) is 5.02. The Morgan fingerprint density at radius 3 is 2.89 bits per heavy atom. The van der Waals surface area contributed by atoms with Crippen LogP contribution in [-0.4, -0.2) is 21.5 Å². The summed E-state index contributed by atoms with van der Waals surface area (Å²) in [7, 11) is 0. The minimum atomic E-state index is -0.487. The molecular formula is C12H6BrN3O2S. The summed E-state index contributed by atoms with van der Waals surface area (Å²) in [6.45, 7) is 0. The zero-order valence-corrected chi connectivity index (χ0v) is 11.8. The highest BCUT2D eigenvalue weighted by Gasteiger charge is 2.25. The van der Waals surface area contributed by atoms with Gasteiger partial charge in [0.05, 0.1) is 5.56 Å². The first kappa shape index (κ1) is 12.2. The molecule has 94 valence electrons. The lowest BCUT2D eigenvalue weighted by atomic mass is 10.2. The summed E-state index contributed by atoms with van der Waals surface area (Å²) in [5, 5.41) is 5.56. The minimum Gasteiger partial charge on any atom is -0.402 e. The highest BCUT2D eigenvalue weighted by molar-refractivity contribution is 9.10. The number of rotatable bonds is 2. The van der Waals surface area contributed by atoms with Crippen LogP contribution in [0.5, 0.6) is 0 Å². The average molecular weight is 336 g/mol. The number of benzene rings is 1. The second-order valence-electron chi connectivity index (χ2n) is 3.65. The van der Waals surface area contributed by atoms with Crippen LogP contribution in [0.25, 0.3) is 6.08 Å². The van der Waals surface area contributed by atoms with Crippen LogP contribution in [0.15, 0.2) is 44.8 Å². The minimum absolute atomic E-state index is 0.221. The summed E-state index contributed by atoms with van der Waals surface area (Å²) in [6, 6.07) is 7.41. The van der Waals surface area contributed by atoms with Gasteiger partial charge in [0.1, 0.15) is 5.69 Å². The Labute approximate surface area is 120 Å². The monoisotopic (exact) mass is 335 g/mol. The number of aliphatic imine (C=N–C) groups is 1. The molecule has 1 aromatic carbocycles. The van der Waals surface area contributed by atoms with Gasteiger partial charge in [0.25, 0.3) is 0 Å². The Morgan fingerprint density at radius 1 is 1.32 bits per heavy atom. The van der Waals surface area contributed by atoms with E-state index in [2.05, 4.69) is 30.5 Å². The van der Waals surface area contributed by atoms with Crippen molar-refractivity contribution in [2.45, 2.75) is 0 Å². The van der Waals surface area contributed by atoms with Crippen LogP contribution in [-0.2, 0) is 9.53 Å². The normalized spacial score (nSPS) is 16.6. The molecule has 7 heteroatoms. The largest absolute Gasteiger partial charge is 0.402 e. The molecule has 0 bridgehead atoms. The fourth-order valence-electron chi connectivity index (χ4n) is 1.53. The van der Waals surface area contributed by atoms with E-state index in [1.807, 2.05) is 24.3 Å². The van der Waals surface area contributed by atoms with Crippen LogP contribution in [0.2, 0.25) is 0 Å². The van der Waals surface area contributed by atoms with Crippen LogP contribution in [0.3, 0.4) is 0 Å². The SMILES string of the molecule is O=C1OC(c2ccccc2Br)=NC1=Cc1csnn1. The Bertz CT molecular complexity index is 695. The Kier molecular flexibility index (Phi) is 3.22. The zero-order valence-electron chi connectivity index (χ0n) is 9.41. The summed E-state index contributed by atoms with van der Waals surface area (Å²) in [5.74, 6) is -0.203. The molecule has 1 aromatic heterocycles. The topological polar surface area (TPSA) is 64.4 Å². The van der Waals surface area contributed by atoms with Crippen molar-refractivity contribution in [2.24, 2.45) is 4.99 Å². The molecule has 0 saturated heterocycles. The van der Waals surface area contributed by atoms with Gasteiger partial charge in [-0.2, -0.15) is 0 Å². The van der Waals surface area contributed by atoms with Gasteiger partial charge < -0.3 is 4.74 Å². The molecule has 0 spiro atoms. The summed E-state index contributed by atoms with van der Waals surface area (Å²) in [4.78, 5) is 15.9. The maximum Gasteiger partial charge on any atom is 0.363 e. The van der Waals surface area contributed by atoms with Crippen molar-refractivity contribution in [1.29, 1.82) is 0 Å². The van der Waals surface area contributed by atoms with E-state index in [1.54, 1.807) is 11.5 Å². The quantitative estimate of drug-likeness (QED) is 0.625. The van der Waals surface area contributed by atoms with Crippen molar-refractivity contribution in [2.75, 3.05) is 0 Å². The first-order valence-electron chi connectivity index (χ1n) is 5.28. The molecular weight excluding hydrogens is 330 g/mol. The van der Waals surface area contributed by atoms with Crippen LogP contribution in [0.1, 0.15) is 11.3 Å². The van der Waals surface area contributed by atoms with Crippen LogP contribution < -0.4 is 0 Å². The Hall–Kier alpha value is -1.86. The van der Waals surface area contributed by atoms with Crippen molar-refractivity contribution in [3.63, 3.8) is 0 Å². The lowest BCUT2D eigenvalue weighted by molar-refractivity contribution is -0.129. The number of nitrogens with zero attached hydrogens (tertiary/aromatic N) is 3. The van der Waals surface area contributed by atoms with Gasteiger partial charge in [0, 0.05) is 9.85 Å². The predicted molar refractivity (Wildman–Crippen MR) is 74.7 cm³/mol. The molecule has 0 amide bonds. The molecule has 0 N–H and O–H groups in total. The molecule has 0 aliphatic carbocycles. The maximum atomic E-state index is 11.7. The number of ether oxygens (including phenoxy) is 1. The standard InChI is InChI=1S/C12H6BrN3O2S/c13-9-4-2-1-3-8(9)11-14-10(12(17)18-11)5-7-6-19-16-15-7/h1-6H. The van der Waals surface area contributed by atoms with E-state index in [0.29, 0.717) is 5.69 Å². The molecule has 3 rings (SSSR count). The highest BCUT2D eigenvalue weighted by Crippen LogP contribution is 2.23. The van der Waals surface area contributed by atoms with Crippen molar-refractivity contribution in [3.8, 4) is 0 Å². The molecule has 0 fully saturated rings. The van der Waals surface area contributed by atoms with Gasteiger partial charge in [-0.3, -0.25) is 0 Å². The summed E-state index contributed by atoms with van der Waals surface area (Å²) < 4.78 is 9.69. The molecule has 2 aromatic rings. The molecule has 1 aliphatic rings. The number of cyclic esters (lactones) is 1. The van der Waals surface area contributed by atoms with Gasteiger partial charge in [-0.15, -0.1) is 5.10 Å². The summed E-state index contributed by atoms with van der Waals surface area (Å²) in [6.07, 6.45) is 1.55. The smallest absolute Gasteiger partial charge is 0.363 e. The first-order chi connectivity index (χ1) is 9.24. The predicted octanol–water partition coefficient (Wildman–Crippen LogP) is 2.65. The molecule has 19 heavy (non-hydrogen) atoms. The number of hydrogen-bond donors (Lipinski definition) is 0. The first-order valence-corrected chi connectivity index (χ1v) is 6.91. The van der Waals surface area contributed by atoms with Crippen molar-refractivity contribution in [3.05, 3.63) is 51.1 Å². The summed E-state index contributed by atoms with van der Waals surface area (Å²) >= 11 is 4.60. The molecule has 0 unspecified atom stereocenters. The van der Waals surface area contributed by atoms with Gasteiger partial charge in [-0.1, -0.05) is 16.6 Å². The number of carbonyl (C=O) groups is 1. The van der Waals surface area contributed by atoms with Gasteiger partial charge in [-0.25, -0.2) is 9.79 Å². The number of hydrogen-bond acceptors (Lipinski definition) is 6. The molecule has 0 atom stereocenters. The number of aromatic nitrogens is 2. The van der Waals surface area contributed by atoms with Crippen LogP contribution in [0, 0.1) is 0 Å². The Morgan fingerprint density at radius 2 is 2.16 bits per heavy atom. The summed E-state index contributed by atoms with van der Waals surface area (Å²) in [5.41, 5.74) is 1.54. The van der Waals surface area contributed by atoms with E-state index >= 15 is 0 Å². The molecule has 1 aliphatic heterocycles.